The van der Waals surface area contributed by atoms with Gasteiger partial charge in [0, 0.05) is 17.0 Å². The van der Waals surface area contributed by atoms with Crippen molar-refractivity contribution in [2.24, 2.45) is 0 Å². The van der Waals surface area contributed by atoms with E-state index in [-0.39, 0.29) is 24.2 Å². The summed E-state index contributed by atoms with van der Waals surface area (Å²) in [5, 5.41) is 3.78. The van der Waals surface area contributed by atoms with Crippen molar-refractivity contribution in [3.63, 3.8) is 0 Å². The molecule has 0 aromatic heterocycles. The van der Waals surface area contributed by atoms with Gasteiger partial charge in [0.05, 0.1) is 13.2 Å². The van der Waals surface area contributed by atoms with Gasteiger partial charge in [0.2, 0.25) is 0 Å². The predicted octanol–water partition coefficient (Wildman–Crippen LogP) is 4.76. The Labute approximate surface area is 170 Å². The van der Waals surface area contributed by atoms with Crippen LogP contribution >= 0.6 is 11.6 Å². The zero-order valence-electron chi connectivity index (χ0n) is 16.9. The van der Waals surface area contributed by atoms with Crippen molar-refractivity contribution in [2.45, 2.75) is 45.8 Å². The van der Waals surface area contributed by atoms with Crippen LogP contribution in [0, 0.1) is 13.8 Å². The SMILES string of the molecule is COc1ccc2c(c1)[C@H](NC(=O)COc1cc(C)c(Cl)c(C)c1)CC(C)(C)O2. The van der Waals surface area contributed by atoms with Crippen molar-refractivity contribution in [3.05, 3.63) is 52.0 Å². The fourth-order valence-electron chi connectivity index (χ4n) is 3.46. The molecule has 5 nitrogen and oxygen atoms in total. The van der Waals surface area contributed by atoms with Crippen molar-refractivity contribution in [1.82, 2.24) is 5.32 Å². The Morgan fingerprint density at radius 3 is 2.54 bits per heavy atom. The summed E-state index contributed by atoms with van der Waals surface area (Å²) >= 11 is 6.18. The molecule has 150 valence electrons. The maximum Gasteiger partial charge on any atom is 0.258 e. The zero-order chi connectivity index (χ0) is 20.5. The van der Waals surface area contributed by atoms with E-state index in [1.165, 1.54) is 0 Å². The van der Waals surface area contributed by atoms with Gasteiger partial charge >= 0.3 is 0 Å². The summed E-state index contributed by atoms with van der Waals surface area (Å²) < 4.78 is 17.1. The van der Waals surface area contributed by atoms with Gasteiger partial charge < -0.3 is 19.5 Å². The summed E-state index contributed by atoms with van der Waals surface area (Å²) in [6.07, 6.45) is 0.651. The highest BCUT2D eigenvalue weighted by atomic mass is 35.5. The molecule has 1 aliphatic rings. The molecule has 6 heteroatoms. The summed E-state index contributed by atoms with van der Waals surface area (Å²) in [6, 6.07) is 9.12. The first kappa shape index (κ1) is 20.3. The smallest absolute Gasteiger partial charge is 0.258 e. The van der Waals surface area contributed by atoms with Crippen LogP contribution in [0.15, 0.2) is 30.3 Å². The Bertz CT molecular complexity index is 871. The number of amides is 1. The number of aryl methyl sites for hydroxylation is 2. The molecule has 1 heterocycles. The molecule has 0 saturated carbocycles. The van der Waals surface area contributed by atoms with Crippen LogP contribution in [-0.4, -0.2) is 25.2 Å². The maximum atomic E-state index is 12.6. The molecule has 1 aliphatic heterocycles. The topological polar surface area (TPSA) is 56.8 Å². The minimum atomic E-state index is -0.384. The number of nitrogens with one attached hydrogen (secondary N) is 1. The quantitative estimate of drug-likeness (QED) is 0.781. The highest BCUT2D eigenvalue weighted by molar-refractivity contribution is 6.32. The van der Waals surface area contributed by atoms with Gasteiger partial charge in [0.25, 0.3) is 5.91 Å². The van der Waals surface area contributed by atoms with Crippen molar-refractivity contribution < 1.29 is 19.0 Å². The van der Waals surface area contributed by atoms with Crippen molar-refractivity contribution in [1.29, 1.82) is 0 Å². The highest BCUT2D eigenvalue weighted by Gasteiger charge is 2.34. The van der Waals surface area contributed by atoms with E-state index in [0.717, 1.165) is 28.2 Å². The second kappa shape index (κ2) is 7.92. The van der Waals surface area contributed by atoms with E-state index < -0.39 is 0 Å². The highest BCUT2D eigenvalue weighted by Crippen LogP contribution is 2.41. The van der Waals surface area contributed by atoms with E-state index in [1.807, 2.05) is 58.0 Å². The molecule has 1 N–H and O–H groups in total. The average molecular weight is 404 g/mol. The van der Waals surface area contributed by atoms with Crippen LogP contribution < -0.4 is 19.5 Å². The van der Waals surface area contributed by atoms with Crippen LogP contribution in [0.2, 0.25) is 5.02 Å². The third kappa shape index (κ3) is 4.53. The molecular weight excluding hydrogens is 378 g/mol. The molecule has 2 aromatic carbocycles. The van der Waals surface area contributed by atoms with Crippen molar-refractivity contribution >= 4 is 17.5 Å². The summed E-state index contributed by atoms with van der Waals surface area (Å²) in [5.74, 6) is 1.92. The third-order valence-electron chi connectivity index (χ3n) is 4.79. The Morgan fingerprint density at radius 1 is 1.21 bits per heavy atom. The molecule has 1 amide bonds. The molecule has 0 unspecified atom stereocenters. The van der Waals surface area contributed by atoms with Crippen LogP contribution in [-0.2, 0) is 4.79 Å². The molecule has 0 fully saturated rings. The number of carbonyl (C=O) groups is 1. The molecule has 2 aromatic rings. The summed E-state index contributed by atoms with van der Waals surface area (Å²) in [7, 11) is 1.62. The number of carbonyl (C=O) groups excluding carboxylic acids is 1. The lowest BCUT2D eigenvalue weighted by Crippen LogP contribution is -2.42. The first-order chi connectivity index (χ1) is 13.2. The summed E-state index contributed by atoms with van der Waals surface area (Å²) in [6.45, 7) is 7.77. The molecule has 0 bridgehead atoms. The van der Waals surface area contributed by atoms with Gasteiger partial charge in [-0.3, -0.25) is 4.79 Å². The van der Waals surface area contributed by atoms with Crippen LogP contribution in [0.1, 0.15) is 43.0 Å². The van der Waals surface area contributed by atoms with E-state index in [9.17, 15) is 4.79 Å². The number of ether oxygens (including phenoxy) is 3. The summed E-state index contributed by atoms with van der Waals surface area (Å²) in [4.78, 5) is 12.6. The summed E-state index contributed by atoms with van der Waals surface area (Å²) in [5.41, 5.74) is 2.36. The van der Waals surface area contributed by atoms with Crippen LogP contribution in [0.25, 0.3) is 0 Å². The van der Waals surface area contributed by atoms with Gasteiger partial charge in [0.1, 0.15) is 22.8 Å². The third-order valence-corrected chi connectivity index (χ3v) is 5.39. The number of hydrogen-bond acceptors (Lipinski definition) is 4. The van der Waals surface area contributed by atoms with Crippen LogP contribution in [0.3, 0.4) is 0 Å². The number of benzene rings is 2. The second-order valence-electron chi connectivity index (χ2n) is 7.75. The zero-order valence-corrected chi connectivity index (χ0v) is 17.6. The number of rotatable bonds is 5. The Hall–Kier alpha value is -2.40. The Morgan fingerprint density at radius 2 is 1.89 bits per heavy atom. The van der Waals surface area contributed by atoms with E-state index in [4.69, 9.17) is 25.8 Å². The molecule has 0 spiro atoms. The van der Waals surface area contributed by atoms with E-state index >= 15 is 0 Å². The Balaban J connectivity index is 1.71. The number of hydrogen-bond donors (Lipinski definition) is 1. The fraction of sp³-hybridized carbons (Fsp3) is 0.409. The van der Waals surface area contributed by atoms with Gasteiger partial charge in [-0.05, 0) is 69.2 Å². The molecular formula is C22H26ClNO4. The van der Waals surface area contributed by atoms with Gasteiger partial charge in [-0.25, -0.2) is 0 Å². The molecule has 0 radical (unpaired) electrons. The lowest BCUT2D eigenvalue weighted by atomic mass is 9.89. The standard InChI is InChI=1S/C22H26ClNO4/c1-13-8-16(9-14(2)21(13)23)27-12-20(25)24-18-11-22(3,4)28-19-7-6-15(26-5)10-17(18)19/h6-10,18H,11-12H2,1-5H3,(H,24,25)/t18-/m1/s1. The molecule has 3 rings (SSSR count). The van der Waals surface area contributed by atoms with Crippen LogP contribution in [0.5, 0.6) is 17.2 Å². The van der Waals surface area contributed by atoms with Crippen molar-refractivity contribution in [3.8, 4) is 17.2 Å². The maximum absolute atomic E-state index is 12.6. The van der Waals surface area contributed by atoms with Gasteiger partial charge in [-0.2, -0.15) is 0 Å². The monoisotopic (exact) mass is 403 g/mol. The minimum Gasteiger partial charge on any atom is -0.497 e. The fourth-order valence-corrected chi connectivity index (χ4v) is 3.57. The molecule has 0 saturated heterocycles. The van der Waals surface area contributed by atoms with Gasteiger partial charge in [-0.15, -0.1) is 0 Å². The first-order valence-corrected chi connectivity index (χ1v) is 9.62. The molecule has 0 aliphatic carbocycles. The van der Waals surface area contributed by atoms with Gasteiger partial charge in [-0.1, -0.05) is 11.6 Å². The Kier molecular flexibility index (Phi) is 5.75. The van der Waals surface area contributed by atoms with E-state index in [0.29, 0.717) is 17.2 Å². The number of methoxy groups -OCH3 is 1. The van der Waals surface area contributed by atoms with E-state index in [2.05, 4.69) is 5.32 Å². The molecule has 28 heavy (non-hydrogen) atoms. The predicted molar refractivity (Wildman–Crippen MR) is 110 cm³/mol. The number of fused-ring (bicyclic) bond motifs is 1. The first-order valence-electron chi connectivity index (χ1n) is 9.24. The molecule has 1 atom stereocenters. The normalized spacial score (nSPS) is 17.3. The second-order valence-corrected chi connectivity index (χ2v) is 8.13. The minimum absolute atomic E-state index is 0.0718. The largest absolute Gasteiger partial charge is 0.497 e. The lowest BCUT2D eigenvalue weighted by molar-refractivity contribution is -0.124. The van der Waals surface area contributed by atoms with Gasteiger partial charge in [0.15, 0.2) is 6.61 Å². The lowest BCUT2D eigenvalue weighted by Gasteiger charge is -2.38. The van der Waals surface area contributed by atoms with Crippen LogP contribution in [0.4, 0.5) is 0 Å². The van der Waals surface area contributed by atoms with E-state index in [1.54, 1.807) is 7.11 Å². The van der Waals surface area contributed by atoms with Crippen molar-refractivity contribution in [2.75, 3.05) is 13.7 Å². The number of halogens is 1. The average Bonchev–Trinajstić information content (AvgIpc) is 2.63.